The minimum atomic E-state index is -1.10. The number of thioether (sulfide) groups is 1. The van der Waals surface area contributed by atoms with Crippen molar-refractivity contribution in [2.24, 2.45) is 0 Å². The summed E-state index contributed by atoms with van der Waals surface area (Å²) in [5, 5.41) is 31.6. The van der Waals surface area contributed by atoms with Crippen LogP contribution in [0.2, 0.25) is 0 Å². The highest BCUT2D eigenvalue weighted by molar-refractivity contribution is 7.99. The van der Waals surface area contributed by atoms with Gasteiger partial charge in [0.15, 0.2) is 0 Å². The Bertz CT molecular complexity index is 753. The quantitative estimate of drug-likeness (QED) is 0.296. The normalized spacial score (nSPS) is 15.7. The lowest BCUT2D eigenvalue weighted by atomic mass is 10.1. The number of aliphatic hydroxyl groups excluding tert-OH is 2. The van der Waals surface area contributed by atoms with Gasteiger partial charge in [0.05, 0.1) is 25.1 Å². The Labute approximate surface area is 185 Å². The first kappa shape index (κ1) is 24.9. The predicted molar refractivity (Wildman–Crippen MR) is 118 cm³/mol. The monoisotopic (exact) mass is 451 g/mol. The summed E-state index contributed by atoms with van der Waals surface area (Å²) in [7, 11) is 0. The van der Waals surface area contributed by atoms with Crippen molar-refractivity contribution in [3.8, 4) is 0 Å². The van der Waals surface area contributed by atoms with Crippen LogP contribution in [-0.4, -0.2) is 76.8 Å². The number of carbonyl (C=O) groups excluding carboxylic acids is 1. The molecule has 0 radical (unpaired) electrons. The maximum absolute atomic E-state index is 12.1. The van der Waals surface area contributed by atoms with Crippen molar-refractivity contribution in [1.82, 2.24) is 5.32 Å². The maximum atomic E-state index is 12.1. The smallest absolute Gasteiger partial charge is 0.326 e. The van der Waals surface area contributed by atoms with Crippen LogP contribution in [0.3, 0.4) is 0 Å². The molecule has 4 N–H and O–H groups in total. The van der Waals surface area contributed by atoms with Gasteiger partial charge in [-0.1, -0.05) is 30.4 Å². The fraction of sp³-hybridized carbons (Fsp3) is 0.455. The van der Waals surface area contributed by atoms with Crippen molar-refractivity contribution in [3.63, 3.8) is 0 Å². The second kappa shape index (κ2) is 13.9. The number of aliphatic hydroxyl groups is 2. The van der Waals surface area contributed by atoms with E-state index in [1.807, 2.05) is 18.2 Å². The van der Waals surface area contributed by atoms with Crippen LogP contribution in [-0.2, 0) is 14.3 Å². The summed E-state index contributed by atoms with van der Waals surface area (Å²) >= 11 is 1.37. The highest BCUT2D eigenvalue weighted by Gasteiger charge is 2.20. The van der Waals surface area contributed by atoms with Crippen molar-refractivity contribution in [2.75, 3.05) is 31.3 Å². The van der Waals surface area contributed by atoms with E-state index in [1.165, 1.54) is 11.8 Å². The Kier molecular flexibility index (Phi) is 11.2. The first-order valence-corrected chi connectivity index (χ1v) is 11.2. The number of carbonyl (C=O) groups is 2. The summed E-state index contributed by atoms with van der Waals surface area (Å²) in [6.07, 6.45) is 5.11. The number of hydrogen-bond donors (Lipinski definition) is 4. The van der Waals surface area contributed by atoms with Crippen LogP contribution in [0, 0.1) is 0 Å². The lowest BCUT2D eigenvalue weighted by Gasteiger charge is -2.16. The third-order valence-corrected chi connectivity index (χ3v) is 5.46. The molecule has 3 unspecified atom stereocenters. The standard InChI is InChI=1S/C22H29NO7S/c24-17(14-30-19-8-4-5-9-19)12-29-13-18(25)15-31-11-10-20(22(27)28)23-21(26)16-6-2-1-3-7-16/h1-8,17-18,20,24-25H,9-15H2,(H,23,26)(H,27,28). The molecule has 170 valence electrons. The number of carboxylic acids is 1. The topological polar surface area (TPSA) is 125 Å². The lowest BCUT2D eigenvalue weighted by molar-refractivity contribution is -0.139. The van der Waals surface area contributed by atoms with Crippen molar-refractivity contribution >= 4 is 23.6 Å². The molecular formula is C22H29NO7S. The van der Waals surface area contributed by atoms with Gasteiger partial charge in [-0.3, -0.25) is 4.79 Å². The Balaban J connectivity index is 1.56. The Morgan fingerprint density at radius 2 is 1.84 bits per heavy atom. The van der Waals surface area contributed by atoms with E-state index < -0.39 is 30.1 Å². The predicted octanol–water partition coefficient (Wildman–Crippen LogP) is 1.59. The fourth-order valence-corrected chi connectivity index (χ4v) is 3.62. The van der Waals surface area contributed by atoms with Crippen LogP contribution in [0.15, 0.2) is 54.3 Å². The molecule has 0 saturated carbocycles. The van der Waals surface area contributed by atoms with Gasteiger partial charge in [0.25, 0.3) is 5.91 Å². The molecule has 1 aliphatic carbocycles. The Morgan fingerprint density at radius 1 is 1.10 bits per heavy atom. The molecule has 0 saturated heterocycles. The van der Waals surface area contributed by atoms with Gasteiger partial charge in [0.2, 0.25) is 0 Å². The van der Waals surface area contributed by atoms with Crippen LogP contribution in [0.25, 0.3) is 0 Å². The first-order valence-electron chi connectivity index (χ1n) is 10.0. The van der Waals surface area contributed by atoms with Gasteiger partial charge in [0, 0.05) is 17.7 Å². The van der Waals surface area contributed by atoms with E-state index in [2.05, 4.69) is 5.32 Å². The summed E-state index contributed by atoms with van der Waals surface area (Å²) in [4.78, 5) is 23.5. The zero-order valence-electron chi connectivity index (χ0n) is 17.2. The molecular weight excluding hydrogens is 422 g/mol. The van der Waals surface area contributed by atoms with Crippen LogP contribution in [0.1, 0.15) is 23.2 Å². The molecule has 3 atom stereocenters. The first-order chi connectivity index (χ1) is 15.0. The number of nitrogens with one attached hydrogen (secondary N) is 1. The second-order valence-electron chi connectivity index (χ2n) is 7.02. The molecule has 1 aromatic rings. The van der Waals surface area contributed by atoms with E-state index in [0.29, 0.717) is 17.1 Å². The third kappa shape index (κ3) is 10.0. The average molecular weight is 452 g/mol. The van der Waals surface area contributed by atoms with Gasteiger partial charge in [0.1, 0.15) is 18.8 Å². The van der Waals surface area contributed by atoms with Crippen molar-refractivity contribution < 1.29 is 34.4 Å². The van der Waals surface area contributed by atoms with Crippen molar-refractivity contribution in [3.05, 3.63) is 59.9 Å². The third-order valence-electron chi connectivity index (χ3n) is 4.32. The number of aliphatic carboxylic acids is 1. The van der Waals surface area contributed by atoms with E-state index in [-0.39, 0.29) is 26.2 Å². The molecule has 31 heavy (non-hydrogen) atoms. The van der Waals surface area contributed by atoms with E-state index in [0.717, 1.165) is 12.2 Å². The highest BCUT2D eigenvalue weighted by Crippen LogP contribution is 2.12. The largest absolute Gasteiger partial charge is 0.495 e. The minimum Gasteiger partial charge on any atom is -0.495 e. The molecule has 1 aromatic carbocycles. The lowest BCUT2D eigenvalue weighted by Crippen LogP contribution is -2.41. The molecule has 0 spiro atoms. The number of carboxylic acid groups (broad SMARTS) is 1. The van der Waals surface area contributed by atoms with Gasteiger partial charge < -0.3 is 30.1 Å². The van der Waals surface area contributed by atoms with Gasteiger partial charge in [-0.15, -0.1) is 0 Å². The maximum Gasteiger partial charge on any atom is 0.326 e. The SMILES string of the molecule is O=C(NC(CCSCC(O)COCC(O)COC1=CC=CC1)C(=O)O)c1ccccc1. The summed E-state index contributed by atoms with van der Waals surface area (Å²) in [5.41, 5.74) is 0.401. The number of ether oxygens (including phenoxy) is 2. The van der Waals surface area contributed by atoms with E-state index >= 15 is 0 Å². The van der Waals surface area contributed by atoms with E-state index in [9.17, 15) is 24.9 Å². The van der Waals surface area contributed by atoms with Gasteiger partial charge >= 0.3 is 5.97 Å². The second-order valence-corrected chi connectivity index (χ2v) is 8.17. The summed E-state index contributed by atoms with van der Waals surface area (Å²) in [6, 6.07) is 7.42. The van der Waals surface area contributed by atoms with Crippen LogP contribution in [0.4, 0.5) is 0 Å². The molecule has 0 aliphatic heterocycles. The number of rotatable bonds is 15. The number of benzene rings is 1. The van der Waals surface area contributed by atoms with Gasteiger partial charge in [-0.2, -0.15) is 11.8 Å². The molecule has 2 rings (SSSR count). The molecule has 0 bridgehead atoms. The van der Waals surface area contributed by atoms with E-state index in [1.54, 1.807) is 30.3 Å². The molecule has 0 heterocycles. The van der Waals surface area contributed by atoms with Gasteiger partial charge in [-0.05, 0) is 30.4 Å². The fourth-order valence-electron chi connectivity index (χ4n) is 2.68. The van der Waals surface area contributed by atoms with Crippen molar-refractivity contribution in [1.29, 1.82) is 0 Å². The van der Waals surface area contributed by atoms with Crippen LogP contribution >= 0.6 is 11.8 Å². The Morgan fingerprint density at radius 3 is 2.52 bits per heavy atom. The minimum absolute atomic E-state index is 0.0506. The van der Waals surface area contributed by atoms with Crippen molar-refractivity contribution in [2.45, 2.75) is 31.1 Å². The zero-order chi connectivity index (χ0) is 22.5. The zero-order valence-corrected chi connectivity index (χ0v) is 18.0. The van der Waals surface area contributed by atoms with Gasteiger partial charge in [-0.25, -0.2) is 4.79 Å². The average Bonchev–Trinajstić information content (AvgIpc) is 3.28. The summed E-state index contributed by atoms with van der Waals surface area (Å²) < 4.78 is 10.7. The number of allylic oxidation sites excluding steroid dienone is 3. The molecule has 9 heteroatoms. The number of amides is 1. The molecule has 1 aliphatic rings. The summed E-state index contributed by atoms with van der Waals surface area (Å²) in [6.45, 7) is 0.236. The molecule has 0 fully saturated rings. The molecule has 0 aromatic heterocycles. The van der Waals surface area contributed by atoms with Crippen LogP contribution < -0.4 is 5.32 Å². The summed E-state index contributed by atoms with van der Waals surface area (Å²) in [5.74, 6) is 0.0611. The molecule has 1 amide bonds. The number of hydrogen-bond acceptors (Lipinski definition) is 7. The Hall–Kier alpha value is -2.33. The van der Waals surface area contributed by atoms with Crippen LogP contribution in [0.5, 0.6) is 0 Å². The highest BCUT2D eigenvalue weighted by atomic mass is 32.2. The molecule has 8 nitrogen and oxygen atoms in total. The van der Waals surface area contributed by atoms with E-state index in [4.69, 9.17) is 9.47 Å².